The Kier molecular flexibility index (Phi) is 4.87. The summed E-state index contributed by atoms with van der Waals surface area (Å²) in [7, 11) is -2.28. The van der Waals surface area contributed by atoms with Crippen molar-refractivity contribution in [1.82, 2.24) is 10.2 Å². The molecule has 0 saturated heterocycles. The van der Waals surface area contributed by atoms with Gasteiger partial charge in [0, 0.05) is 17.3 Å². The van der Waals surface area contributed by atoms with Crippen LogP contribution in [0.1, 0.15) is 0 Å². The molecule has 1 N–H and O–H groups in total. The van der Waals surface area contributed by atoms with Crippen LogP contribution >= 0.6 is 11.6 Å². The first kappa shape index (κ1) is 17.2. The minimum atomic E-state index is -3.79. The predicted octanol–water partition coefficient (Wildman–Crippen LogP) is 3.61. The fraction of sp³-hybridized carbons (Fsp3) is 0.0588. The molecule has 3 rings (SSSR count). The van der Waals surface area contributed by atoms with Gasteiger partial charge in [-0.1, -0.05) is 35.9 Å². The van der Waals surface area contributed by atoms with Crippen molar-refractivity contribution in [3.63, 3.8) is 0 Å². The molecular formula is C17H14ClN3O3S. The van der Waals surface area contributed by atoms with Crippen LogP contribution in [0.4, 0.5) is 5.69 Å². The van der Waals surface area contributed by atoms with Crippen LogP contribution in [-0.4, -0.2) is 25.7 Å². The molecular weight excluding hydrogens is 362 g/mol. The summed E-state index contributed by atoms with van der Waals surface area (Å²) in [5.74, 6) is 0.402. The summed E-state index contributed by atoms with van der Waals surface area (Å²) in [6.45, 7) is 0. The van der Waals surface area contributed by atoms with Crippen LogP contribution < -0.4 is 9.46 Å². The lowest BCUT2D eigenvalue weighted by atomic mass is 10.1. The zero-order valence-corrected chi connectivity index (χ0v) is 14.8. The van der Waals surface area contributed by atoms with E-state index < -0.39 is 10.0 Å². The first-order chi connectivity index (χ1) is 12.0. The highest BCUT2D eigenvalue weighted by molar-refractivity contribution is 7.92. The monoisotopic (exact) mass is 375 g/mol. The van der Waals surface area contributed by atoms with Gasteiger partial charge in [-0.3, -0.25) is 4.72 Å². The van der Waals surface area contributed by atoms with Crippen molar-refractivity contribution in [2.45, 2.75) is 4.90 Å². The van der Waals surface area contributed by atoms with Gasteiger partial charge in [0.25, 0.3) is 10.0 Å². The molecule has 0 bridgehead atoms. The van der Waals surface area contributed by atoms with E-state index in [-0.39, 0.29) is 9.92 Å². The fourth-order valence-corrected chi connectivity index (χ4v) is 3.77. The van der Waals surface area contributed by atoms with Crippen molar-refractivity contribution >= 4 is 27.3 Å². The first-order valence-corrected chi connectivity index (χ1v) is 9.11. The number of rotatable bonds is 5. The van der Waals surface area contributed by atoms with E-state index in [1.54, 1.807) is 42.5 Å². The summed E-state index contributed by atoms with van der Waals surface area (Å²) in [6.07, 6.45) is 0. The lowest BCUT2D eigenvalue weighted by Gasteiger charge is -2.10. The summed E-state index contributed by atoms with van der Waals surface area (Å²) in [5, 5.41) is 8.12. The van der Waals surface area contributed by atoms with Gasteiger partial charge in [-0.15, -0.1) is 10.2 Å². The molecule has 0 atom stereocenters. The average molecular weight is 376 g/mol. The number of aromatic nitrogens is 2. The number of hydrogen-bond donors (Lipinski definition) is 1. The lowest BCUT2D eigenvalue weighted by Crippen LogP contribution is -2.13. The molecule has 0 unspecified atom stereocenters. The second kappa shape index (κ2) is 7.08. The third-order valence-electron chi connectivity index (χ3n) is 3.39. The van der Waals surface area contributed by atoms with Gasteiger partial charge in [0.2, 0.25) is 5.88 Å². The standard InChI is InChI=1S/C17H14ClN3O3S/c1-24-17-10-9-15(19-20-17)12-5-4-6-13(11-12)21-25(22,23)16-8-3-2-7-14(16)18/h2-11,21H,1H3. The van der Waals surface area contributed by atoms with E-state index in [0.29, 0.717) is 17.3 Å². The van der Waals surface area contributed by atoms with Crippen molar-refractivity contribution < 1.29 is 13.2 Å². The molecule has 2 aromatic carbocycles. The van der Waals surface area contributed by atoms with Gasteiger partial charge in [0.15, 0.2) is 0 Å². The topological polar surface area (TPSA) is 81.2 Å². The van der Waals surface area contributed by atoms with Crippen molar-refractivity contribution in [3.8, 4) is 17.1 Å². The van der Waals surface area contributed by atoms with E-state index in [1.165, 1.54) is 19.2 Å². The third-order valence-corrected chi connectivity index (χ3v) is 5.27. The van der Waals surface area contributed by atoms with Crippen LogP contribution in [-0.2, 0) is 10.0 Å². The lowest BCUT2D eigenvalue weighted by molar-refractivity contribution is 0.392. The van der Waals surface area contributed by atoms with Crippen molar-refractivity contribution in [1.29, 1.82) is 0 Å². The summed E-state index contributed by atoms with van der Waals surface area (Å²) < 4.78 is 32.5. The predicted molar refractivity (Wildman–Crippen MR) is 96.3 cm³/mol. The molecule has 0 aliphatic carbocycles. The van der Waals surface area contributed by atoms with E-state index in [9.17, 15) is 8.42 Å². The normalized spacial score (nSPS) is 11.1. The van der Waals surface area contributed by atoms with E-state index in [1.807, 2.05) is 6.07 Å². The average Bonchev–Trinajstić information content (AvgIpc) is 2.62. The number of nitrogens with zero attached hydrogens (tertiary/aromatic N) is 2. The first-order valence-electron chi connectivity index (χ1n) is 7.25. The Labute approximate surface area is 150 Å². The van der Waals surface area contributed by atoms with Crippen LogP contribution in [0.2, 0.25) is 5.02 Å². The quantitative estimate of drug-likeness (QED) is 0.736. The molecule has 8 heteroatoms. The molecule has 0 spiro atoms. The van der Waals surface area contributed by atoms with Gasteiger partial charge >= 0.3 is 0 Å². The van der Waals surface area contributed by atoms with Crippen LogP contribution in [0.3, 0.4) is 0 Å². The molecule has 6 nitrogen and oxygen atoms in total. The fourth-order valence-electron chi connectivity index (χ4n) is 2.20. The summed E-state index contributed by atoms with van der Waals surface area (Å²) in [4.78, 5) is 0.0197. The molecule has 3 aromatic rings. The summed E-state index contributed by atoms with van der Waals surface area (Å²) in [5.41, 5.74) is 1.71. The van der Waals surface area contributed by atoms with Gasteiger partial charge in [-0.05, 0) is 30.3 Å². The Hall–Kier alpha value is -2.64. The minimum absolute atomic E-state index is 0.0197. The molecule has 0 radical (unpaired) electrons. The maximum Gasteiger partial charge on any atom is 0.263 e. The number of sulfonamides is 1. The molecule has 128 valence electrons. The van der Waals surface area contributed by atoms with E-state index in [0.717, 1.165) is 5.56 Å². The van der Waals surface area contributed by atoms with Gasteiger partial charge in [0.1, 0.15) is 4.90 Å². The minimum Gasteiger partial charge on any atom is -0.480 e. The zero-order valence-electron chi connectivity index (χ0n) is 13.2. The number of hydrogen-bond acceptors (Lipinski definition) is 5. The maximum atomic E-state index is 12.5. The Morgan fingerprint density at radius 1 is 1.00 bits per heavy atom. The van der Waals surface area contributed by atoms with Gasteiger partial charge in [-0.25, -0.2) is 8.42 Å². The van der Waals surface area contributed by atoms with Gasteiger partial charge < -0.3 is 4.74 Å². The molecule has 0 aliphatic heterocycles. The Balaban J connectivity index is 1.90. The van der Waals surface area contributed by atoms with Crippen LogP contribution in [0.25, 0.3) is 11.3 Å². The van der Waals surface area contributed by atoms with Gasteiger partial charge in [-0.2, -0.15) is 0 Å². The third kappa shape index (κ3) is 3.89. The molecule has 0 fully saturated rings. The number of halogens is 1. The zero-order chi connectivity index (χ0) is 17.9. The molecule has 0 aliphatic rings. The number of benzene rings is 2. The van der Waals surface area contributed by atoms with Crippen LogP contribution in [0.15, 0.2) is 65.6 Å². The van der Waals surface area contributed by atoms with Crippen molar-refractivity contribution in [2.75, 3.05) is 11.8 Å². The highest BCUT2D eigenvalue weighted by Gasteiger charge is 2.17. The van der Waals surface area contributed by atoms with Gasteiger partial charge in [0.05, 0.1) is 17.8 Å². The smallest absolute Gasteiger partial charge is 0.263 e. The number of nitrogens with one attached hydrogen (secondary N) is 1. The molecule has 1 aromatic heterocycles. The number of ether oxygens (including phenoxy) is 1. The van der Waals surface area contributed by atoms with Crippen molar-refractivity contribution in [3.05, 3.63) is 65.7 Å². The molecule has 0 saturated carbocycles. The molecule has 1 heterocycles. The second-order valence-corrected chi connectivity index (χ2v) is 7.14. The summed E-state index contributed by atoms with van der Waals surface area (Å²) >= 11 is 5.98. The number of anilines is 1. The highest BCUT2D eigenvalue weighted by atomic mass is 35.5. The maximum absolute atomic E-state index is 12.5. The van der Waals surface area contributed by atoms with E-state index in [2.05, 4.69) is 14.9 Å². The molecule has 25 heavy (non-hydrogen) atoms. The van der Waals surface area contributed by atoms with E-state index in [4.69, 9.17) is 16.3 Å². The number of methoxy groups -OCH3 is 1. The van der Waals surface area contributed by atoms with E-state index >= 15 is 0 Å². The second-order valence-electron chi connectivity index (χ2n) is 5.08. The largest absolute Gasteiger partial charge is 0.480 e. The molecule has 0 amide bonds. The van der Waals surface area contributed by atoms with Crippen LogP contribution in [0, 0.1) is 0 Å². The Morgan fingerprint density at radius 3 is 2.48 bits per heavy atom. The Bertz CT molecular complexity index is 992. The van der Waals surface area contributed by atoms with Crippen LogP contribution in [0.5, 0.6) is 5.88 Å². The summed E-state index contributed by atoms with van der Waals surface area (Å²) in [6, 6.07) is 16.5. The highest BCUT2D eigenvalue weighted by Crippen LogP contribution is 2.26. The van der Waals surface area contributed by atoms with Crippen molar-refractivity contribution in [2.24, 2.45) is 0 Å². The Morgan fingerprint density at radius 2 is 1.80 bits per heavy atom. The SMILES string of the molecule is COc1ccc(-c2cccc(NS(=O)(=O)c3ccccc3Cl)c2)nn1.